The molecule has 0 saturated carbocycles. The average molecular weight is 317 g/mol. The van der Waals surface area contributed by atoms with E-state index in [-0.39, 0.29) is 5.03 Å². The lowest BCUT2D eigenvalue weighted by atomic mass is 10.2. The Morgan fingerprint density at radius 1 is 1.40 bits per heavy atom. The average Bonchev–Trinajstić information content (AvgIpc) is 2.45. The summed E-state index contributed by atoms with van der Waals surface area (Å²) in [4.78, 5) is 22.2. The van der Waals surface area contributed by atoms with E-state index < -0.39 is 16.9 Å². The van der Waals surface area contributed by atoms with Crippen molar-refractivity contribution in [1.82, 2.24) is 5.43 Å². The van der Waals surface area contributed by atoms with E-state index in [4.69, 9.17) is 33.0 Å². The van der Waals surface area contributed by atoms with Gasteiger partial charge in [0.15, 0.2) is 0 Å². The minimum Gasteiger partial charge on any atom is -0.497 e. The Bertz CT molecular complexity index is 585. The van der Waals surface area contributed by atoms with Crippen molar-refractivity contribution >= 4 is 41.3 Å². The fourth-order valence-electron chi connectivity index (χ4n) is 1.14. The van der Waals surface area contributed by atoms with Gasteiger partial charge in [0.1, 0.15) is 10.8 Å². The zero-order valence-electron chi connectivity index (χ0n) is 10.3. The van der Waals surface area contributed by atoms with E-state index in [2.05, 4.69) is 10.5 Å². The lowest BCUT2D eigenvalue weighted by molar-refractivity contribution is -0.131. The molecule has 1 aromatic rings. The van der Waals surface area contributed by atoms with Crippen molar-refractivity contribution in [3.63, 3.8) is 0 Å². The van der Waals surface area contributed by atoms with E-state index in [1.165, 1.54) is 13.2 Å². The Labute approximate surface area is 124 Å². The van der Waals surface area contributed by atoms with E-state index in [0.29, 0.717) is 11.3 Å². The molecule has 2 N–H and O–H groups in total. The highest BCUT2D eigenvalue weighted by atomic mass is 35.5. The highest BCUT2D eigenvalue weighted by Gasteiger charge is 2.08. The van der Waals surface area contributed by atoms with Gasteiger partial charge in [0.05, 0.1) is 18.4 Å². The minimum absolute atomic E-state index is 0.301. The molecule has 106 valence electrons. The summed E-state index contributed by atoms with van der Waals surface area (Å²) in [5.41, 5.74) is 2.50. The zero-order chi connectivity index (χ0) is 15.1. The Morgan fingerprint density at radius 2 is 2.10 bits per heavy atom. The Hall–Kier alpha value is -2.05. The molecule has 0 unspecified atom stereocenters. The smallest absolute Gasteiger partial charge is 0.348 e. The number of halogens is 2. The molecule has 8 heteroatoms. The van der Waals surface area contributed by atoms with Crippen molar-refractivity contribution in [2.75, 3.05) is 7.11 Å². The van der Waals surface area contributed by atoms with E-state index in [1.54, 1.807) is 18.2 Å². The number of benzene rings is 1. The van der Waals surface area contributed by atoms with Crippen LogP contribution in [-0.2, 0) is 4.79 Å². The summed E-state index contributed by atoms with van der Waals surface area (Å²) in [6, 6.07) is 6.42. The Morgan fingerprint density at radius 3 is 2.70 bits per heavy atom. The van der Waals surface area contributed by atoms with Gasteiger partial charge in [-0.15, -0.1) is 0 Å². The van der Waals surface area contributed by atoms with Crippen LogP contribution in [-0.4, -0.2) is 30.3 Å². The Kier molecular flexibility index (Phi) is 6.02. The number of carboxylic acids is 1. The molecule has 1 amide bonds. The van der Waals surface area contributed by atoms with Crippen LogP contribution in [0.5, 0.6) is 5.75 Å². The van der Waals surface area contributed by atoms with Gasteiger partial charge in [-0.1, -0.05) is 29.3 Å². The number of allylic oxidation sites excluding steroid dienone is 1. The predicted octanol–water partition coefficient (Wildman–Crippen LogP) is 2.18. The van der Waals surface area contributed by atoms with Gasteiger partial charge in [-0.2, -0.15) is 5.10 Å². The Balaban J connectivity index is 2.72. The fraction of sp³-hybridized carbons (Fsp3) is 0.0833. The van der Waals surface area contributed by atoms with Gasteiger partial charge in [-0.3, -0.25) is 4.79 Å². The van der Waals surface area contributed by atoms with Crippen molar-refractivity contribution in [3.05, 3.63) is 39.9 Å². The maximum Gasteiger partial charge on any atom is 0.348 e. The number of nitrogens with one attached hydrogen (secondary N) is 1. The van der Waals surface area contributed by atoms with Crippen molar-refractivity contribution < 1.29 is 19.4 Å². The van der Waals surface area contributed by atoms with Crippen LogP contribution in [0, 0.1) is 0 Å². The van der Waals surface area contributed by atoms with Crippen molar-refractivity contribution in [1.29, 1.82) is 0 Å². The number of aliphatic carboxylic acids is 1. The largest absolute Gasteiger partial charge is 0.497 e. The molecule has 0 fully saturated rings. The molecule has 0 heterocycles. The number of carboxylic acid groups (broad SMARTS) is 1. The third-order valence-corrected chi connectivity index (χ3v) is 2.82. The van der Waals surface area contributed by atoms with Crippen molar-refractivity contribution in [2.45, 2.75) is 0 Å². The van der Waals surface area contributed by atoms with E-state index in [0.717, 1.165) is 6.21 Å². The molecule has 0 aliphatic heterocycles. The van der Waals surface area contributed by atoms with Crippen molar-refractivity contribution in [2.24, 2.45) is 5.10 Å². The summed E-state index contributed by atoms with van der Waals surface area (Å²) in [6.07, 6.45) is 0.927. The number of rotatable bonds is 5. The summed E-state index contributed by atoms with van der Waals surface area (Å²) in [5, 5.41) is 11.2. The number of hydrogen-bond donors (Lipinski definition) is 2. The normalized spacial score (nSPS) is 11.9. The summed E-state index contributed by atoms with van der Waals surface area (Å²) >= 11 is 10.9. The highest BCUT2D eigenvalue weighted by molar-refractivity contribution is 6.51. The van der Waals surface area contributed by atoms with Gasteiger partial charge >= 0.3 is 5.97 Å². The quantitative estimate of drug-likeness (QED) is 0.495. The van der Waals surface area contributed by atoms with Crippen LogP contribution >= 0.6 is 23.2 Å². The molecule has 20 heavy (non-hydrogen) atoms. The monoisotopic (exact) mass is 316 g/mol. The van der Waals surface area contributed by atoms with Crippen LogP contribution in [0.25, 0.3) is 0 Å². The maximum absolute atomic E-state index is 11.7. The molecule has 0 saturated heterocycles. The summed E-state index contributed by atoms with van der Waals surface area (Å²) in [6.45, 7) is 0. The molecule has 0 aliphatic rings. The second kappa shape index (κ2) is 7.52. The van der Waals surface area contributed by atoms with Crippen LogP contribution in [0.2, 0.25) is 0 Å². The number of nitrogens with zero attached hydrogens (tertiary/aromatic N) is 1. The molecular formula is C12H10Cl2N2O4. The molecule has 0 aliphatic carbocycles. The van der Waals surface area contributed by atoms with E-state index in [9.17, 15) is 9.59 Å². The van der Waals surface area contributed by atoms with Gasteiger partial charge in [0.2, 0.25) is 0 Å². The second-order valence-electron chi connectivity index (χ2n) is 3.40. The third kappa shape index (κ3) is 4.56. The SMILES string of the molecule is COc1cccc(C(=O)NN=CC(Cl)=C(Cl)C(=O)O)c1. The molecule has 6 nitrogen and oxygen atoms in total. The van der Waals surface area contributed by atoms with Crippen LogP contribution in [0.3, 0.4) is 0 Å². The summed E-state index contributed by atoms with van der Waals surface area (Å²) in [7, 11) is 1.48. The number of hydrogen-bond acceptors (Lipinski definition) is 4. The molecule has 0 atom stereocenters. The molecular weight excluding hydrogens is 307 g/mol. The molecule has 0 spiro atoms. The highest BCUT2D eigenvalue weighted by Crippen LogP contribution is 2.13. The molecule has 0 bridgehead atoms. The molecule has 0 aromatic heterocycles. The first kappa shape index (κ1) is 16.0. The topological polar surface area (TPSA) is 88.0 Å². The van der Waals surface area contributed by atoms with Crippen LogP contribution in [0.4, 0.5) is 0 Å². The number of hydrazone groups is 1. The minimum atomic E-state index is -1.39. The number of amides is 1. The number of carbonyl (C=O) groups is 2. The lowest BCUT2D eigenvalue weighted by Crippen LogP contribution is -2.17. The second-order valence-corrected chi connectivity index (χ2v) is 4.18. The van der Waals surface area contributed by atoms with Gasteiger partial charge in [-0.05, 0) is 18.2 Å². The zero-order valence-corrected chi connectivity index (χ0v) is 11.8. The van der Waals surface area contributed by atoms with Crippen LogP contribution in [0.1, 0.15) is 10.4 Å². The van der Waals surface area contributed by atoms with Gasteiger partial charge < -0.3 is 9.84 Å². The summed E-state index contributed by atoms with van der Waals surface area (Å²) in [5.74, 6) is -1.37. The lowest BCUT2D eigenvalue weighted by Gasteiger charge is -2.02. The molecule has 1 aromatic carbocycles. The summed E-state index contributed by atoms with van der Waals surface area (Å²) < 4.78 is 4.98. The molecule has 1 rings (SSSR count). The van der Waals surface area contributed by atoms with Gasteiger partial charge in [0.25, 0.3) is 5.91 Å². The van der Waals surface area contributed by atoms with E-state index >= 15 is 0 Å². The maximum atomic E-state index is 11.7. The third-order valence-electron chi connectivity index (χ3n) is 2.07. The number of carbonyl (C=O) groups excluding carboxylic acids is 1. The van der Waals surface area contributed by atoms with Crippen molar-refractivity contribution in [3.8, 4) is 5.75 Å². The van der Waals surface area contributed by atoms with Crippen LogP contribution in [0.15, 0.2) is 39.4 Å². The first-order valence-electron chi connectivity index (χ1n) is 5.21. The number of ether oxygens (including phenoxy) is 1. The van der Waals surface area contributed by atoms with Crippen LogP contribution < -0.4 is 10.2 Å². The van der Waals surface area contributed by atoms with Gasteiger partial charge in [0, 0.05) is 5.56 Å². The first-order chi connectivity index (χ1) is 9.45. The molecule has 0 radical (unpaired) electrons. The first-order valence-corrected chi connectivity index (χ1v) is 5.97. The predicted molar refractivity (Wildman–Crippen MR) is 75.3 cm³/mol. The van der Waals surface area contributed by atoms with Gasteiger partial charge in [-0.25, -0.2) is 10.2 Å². The number of methoxy groups -OCH3 is 1. The van der Waals surface area contributed by atoms with E-state index in [1.807, 2.05) is 0 Å². The standard InChI is InChI=1S/C12H10Cl2N2O4/c1-20-8-4-2-3-7(5-8)11(17)16-15-6-9(13)10(14)12(18)19/h2-6H,1H3,(H,16,17)(H,18,19). The fourth-order valence-corrected chi connectivity index (χ4v) is 1.31.